The van der Waals surface area contributed by atoms with E-state index >= 15 is 0 Å². The zero-order valence-electron chi connectivity index (χ0n) is 17.4. The predicted octanol–water partition coefficient (Wildman–Crippen LogP) is 2.42. The first-order chi connectivity index (χ1) is 15.3. The molecule has 0 aromatic carbocycles. The molecule has 0 atom stereocenters. The van der Waals surface area contributed by atoms with Crippen molar-refractivity contribution in [1.82, 2.24) is 29.6 Å². The first-order valence-corrected chi connectivity index (χ1v) is 12.7. The molecule has 3 aromatic rings. The minimum atomic E-state index is -3.80. The molecular weight excluding hydrogens is 460 g/mol. The number of hydrogen-bond acceptors (Lipinski definition) is 8. The highest BCUT2D eigenvalue weighted by Crippen LogP contribution is 2.37. The third-order valence-corrected chi connectivity index (χ3v) is 8.32. The summed E-state index contributed by atoms with van der Waals surface area (Å²) >= 11 is 0.747. The molecule has 9 nitrogen and oxygen atoms in total. The Labute approximate surface area is 187 Å². The van der Waals surface area contributed by atoms with Gasteiger partial charge in [0.1, 0.15) is 4.90 Å². The SMILES string of the molecule is CC1(NS(=O)(=O)c2cc(N3CCCNCC3)c3cnc(-c4nnc(C(F)F)s4)n3c2)CC1. The Balaban J connectivity index is 1.66. The predicted molar refractivity (Wildman–Crippen MR) is 117 cm³/mol. The third-order valence-electron chi connectivity index (χ3n) is 5.79. The van der Waals surface area contributed by atoms with Crippen LogP contribution in [0.1, 0.15) is 37.6 Å². The van der Waals surface area contributed by atoms with Gasteiger partial charge in [-0.1, -0.05) is 11.3 Å². The second-order valence-electron chi connectivity index (χ2n) is 8.40. The molecule has 172 valence electrons. The van der Waals surface area contributed by atoms with E-state index in [0.29, 0.717) is 12.1 Å². The molecule has 0 amide bonds. The van der Waals surface area contributed by atoms with E-state index in [9.17, 15) is 17.2 Å². The second kappa shape index (κ2) is 7.97. The van der Waals surface area contributed by atoms with Gasteiger partial charge >= 0.3 is 0 Å². The Bertz CT molecular complexity index is 1250. The van der Waals surface area contributed by atoms with Crippen molar-refractivity contribution < 1.29 is 17.2 Å². The highest BCUT2D eigenvalue weighted by Gasteiger charge is 2.41. The molecule has 1 saturated heterocycles. The molecule has 0 radical (unpaired) electrons. The van der Waals surface area contributed by atoms with Gasteiger partial charge in [0.2, 0.25) is 10.0 Å². The Morgan fingerprint density at radius 3 is 2.78 bits per heavy atom. The van der Waals surface area contributed by atoms with Crippen molar-refractivity contribution in [3.63, 3.8) is 0 Å². The molecule has 2 fully saturated rings. The number of halogens is 2. The minimum absolute atomic E-state index is 0.100. The summed E-state index contributed by atoms with van der Waals surface area (Å²) in [5.74, 6) is 0.285. The lowest BCUT2D eigenvalue weighted by Crippen LogP contribution is -2.34. The van der Waals surface area contributed by atoms with E-state index in [2.05, 4.69) is 30.1 Å². The molecule has 4 heterocycles. The number of imidazole rings is 1. The maximum atomic E-state index is 13.2. The smallest absolute Gasteiger partial charge is 0.291 e. The van der Waals surface area contributed by atoms with Crippen LogP contribution in [0.4, 0.5) is 14.5 Å². The van der Waals surface area contributed by atoms with Crippen molar-refractivity contribution in [2.75, 3.05) is 31.1 Å². The number of fused-ring (bicyclic) bond motifs is 1. The van der Waals surface area contributed by atoms with Gasteiger partial charge in [-0.15, -0.1) is 10.2 Å². The highest BCUT2D eigenvalue weighted by molar-refractivity contribution is 7.89. The Hall–Kier alpha value is -2.22. The molecule has 3 aromatic heterocycles. The lowest BCUT2D eigenvalue weighted by molar-refractivity contribution is 0.150. The number of aromatic nitrogens is 4. The fourth-order valence-electron chi connectivity index (χ4n) is 3.79. The van der Waals surface area contributed by atoms with Crippen molar-refractivity contribution in [3.8, 4) is 10.8 Å². The number of alkyl halides is 2. The highest BCUT2D eigenvalue weighted by atomic mass is 32.2. The molecule has 2 aliphatic rings. The van der Waals surface area contributed by atoms with Gasteiger partial charge in [-0.2, -0.15) is 0 Å². The second-order valence-corrected chi connectivity index (χ2v) is 11.1. The van der Waals surface area contributed by atoms with Crippen LogP contribution in [0.15, 0.2) is 23.4 Å². The van der Waals surface area contributed by atoms with Crippen molar-refractivity contribution >= 4 is 32.6 Å². The number of nitrogens with zero attached hydrogens (tertiary/aromatic N) is 5. The lowest BCUT2D eigenvalue weighted by Gasteiger charge is -2.24. The molecule has 0 unspecified atom stereocenters. The number of anilines is 1. The molecule has 1 saturated carbocycles. The van der Waals surface area contributed by atoms with Gasteiger partial charge in [0.25, 0.3) is 6.43 Å². The van der Waals surface area contributed by atoms with Crippen molar-refractivity contribution in [3.05, 3.63) is 23.5 Å². The van der Waals surface area contributed by atoms with Gasteiger partial charge < -0.3 is 10.2 Å². The molecule has 32 heavy (non-hydrogen) atoms. The number of rotatable bonds is 6. The van der Waals surface area contributed by atoms with Gasteiger partial charge in [-0.05, 0) is 38.8 Å². The average molecular weight is 484 g/mol. The molecule has 5 rings (SSSR count). The number of pyridine rings is 1. The van der Waals surface area contributed by atoms with E-state index in [-0.39, 0.29) is 15.7 Å². The lowest BCUT2D eigenvalue weighted by atomic mass is 10.3. The molecule has 1 aliphatic heterocycles. The summed E-state index contributed by atoms with van der Waals surface area (Å²) in [5, 5.41) is 10.6. The Kier molecular flexibility index (Phi) is 5.39. The topological polar surface area (TPSA) is 105 Å². The molecule has 0 spiro atoms. The van der Waals surface area contributed by atoms with Gasteiger partial charge in [0.15, 0.2) is 15.8 Å². The number of hydrogen-bond donors (Lipinski definition) is 2. The van der Waals surface area contributed by atoms with Crippen LogP contribution in [0.25, 0.3) is 16.3 Å². The summed E-state index contributed by atoms with van der Waals surface area (Å²) in [6.07, 6.45) is 2.86. The molecule has 2 N–H and O–H groups in total. The monoisotopic (exact) mass is 483 g/mol. The molecular formula is C19H23F2N7O2S2. The van der Waals surface area contributed by atoms with Gasteiger partial charge in [-0.25, -0.2) is 26.9 Å². The number of nitrogens with one attached hydrogen (secondary N) is 2. The number of sulfonamides is 1. The largest absolute Gasteiger partial charge is 0.368 e. The maximum absolute atomic E-state index is 13.2. The standard InChI is InChI=1S/C19H23F2N7O2S2/c1-19(3-4-19)26-32(29,30)12-9-13(27-7-2-5-22-6-8-27)14-10-23-16(28(14)11-12)18-25-24-17(31-18)15(20)21/h9-11,15,22,26H,2-8H2,1H3. The van der Waals surface area contributed by atoms with Crippen LogP contribution in [-0.2, 0) is 10.0 Å². The Morgan fingerprint density at radius 2 is 2.06 bits per heavy atom. The summed E-state index contributed by atoms with van der Waals surface area (Å²) in [7, 11) is -3.80. The van der Waals surface area contributed by atoms with E-state index in [1.54, 1.807) is 16.7 Å². The summed E-state index contributed by atoms with van der Waals surface area (Å²) in [6, 6.07) is 1.67. The zero-order chi connectivity index (χ0) is 22.5. The van der Waals surface area contributed by atoms with Crippen LogP contribution < -0.4 is 14.9 Å². The molecule has 13 heteroatoms. The van der Waals surface area contributed by atoms with E-state index in [1.807, 2.05) is 6.92 Å². The maximum Gasteiger partial charge on any atom is 0.291 e. The van der Waals surface area contributed by atoms with Gasteiger partial charge in [0.05, 0.1) is 17.4 Å². The van der Waals surface area contributed by atoms with Crippen LogP contribution in [0.2, 0.25) is 0 Å². The summed E-state index contributed by atoms with van der Waals surface area (Å²) in [6.45, 7) is 5.00. The van der Waals surface area contributed by atoms with Crippen molar-refractivity contribution in [2.45, 2.75) is 43.0 Å². The zero-order valence-corrected chi connectivity index (χ0v) is 19.0. The van der Waals surface area contributed by atoms with E-state index in [1.165, 1.54) is 6.20 Å². The van der Waals surface area contributed by atoms with Crippen LogP contribution in [0.3, 0.4) is 0 Å². The fourth-order valence-corrected chi connectivity index (χ4v) is 5.96. The summed E-state index contributed by atoms with van der Waals surface area (Å²) < 4.78 is 56.9. The molecule has 1 aliphatic carbocycles. The normalized spacial score (nSPS) is 18.9. The van der Waals surface area contributed by atoms with E-state index in [4.69, 9.17) is 0 Å². The minimum Gasteiger partial charge on any atom is -0.368 e. The van der Waals surface area contributed by atoms with Crippen LogP contribution in [0.5, 0.6) is 0 Å². The van der Waals surface area contributed by atoms with Gasteiger partial charge in [-0.3, -0.25) is 4.40 Å². The van der Waals surface area contributed by atoms with Crippen LogP contribution in [-0.4, -0.2) is 59.7 Å². The summed E-state index contributed by atoms with van der Waals surface area (Å²) in [5.41, 5.74) is 0.992. The Morgan fingerprint density at radius 1 is 1.25 bits per heavy atom. The van der Waals surface area contributed by atoms with E-state index < -0.39 is 27.0 Å². The molecule has 0 bridgehead atoms. The first kappa shape index (κ1) is 21.6. The summed E-state index contributed by atoms with van der Waals surface area (Å²) in [4.78, 5) is 6.62. The van der Waals surface area contributed by atoms with E-state index in [0.717, 1.165) is 55.9 Å². The average Bonchev–Trinajstić information content (AvgIpc) is 3.14. The third kappa shape index (κ3) is 4.09. The quantitative estimate of drug-likeness (QED) is 0.555. The fraction of sp³-hybridized carbons (Fsp3) is 0.526. The van der Waals surface area contributed by atoms with Crippen LogP contribution in [0, 0.1) is 0 Å². The van der Waals surface area contributed by atoms with Crippen molar-refractivity contribution in [2.24, 2.45) is 0 Å². The van der Waals surface area contributed by atoms with Crippen LogP contribution >= 0.6 is 11.3 Å². The first-order valence-electron chi connectivity index (χ1n) is 10.4. The van der Waals surface area contributed by atoms with Crippen molar-refractivity contribution in [1.29, 1.82) is 0 Å². The van der Waals surface area contributed by atoms with Gasteiger partial charge in [0, 0.05) is 31.4 Å².